The van der Waals surface area contributed by atoms with Crippen LogP contribution < -0.4 is 0 Å². The number of carbonyl (C=O) groups is 1. The number of nitrogens with zero attached hydrogens (tertiary/aromatic N) is 2. The molecule has 2 heterocycles. The minimum Gasteiger partial charge on any atom is -0.438 e. The molecule has 0 spiro atoms. The zero-order valence-corrected chi connectivity index (χ0v) is 21.0. The van der Waals surface area contributed by atoms with E-state index in [9.17, 15) is 15.0 Å². The predicted molar refractivity (Wildman–Crippen MR) is 137 cm³/mol. The molecule has 186 valence electrons. The summed E-state index contributed by atoms with van der Waals surface area (Å²) in [6.07, 6.45) is 6.35. The Morgan fingerprint density at radius 2 is 1.83 bits per heavy atom. The number of likely N-dealkylation sites (N-methyl/N-ethyl adjacent to an activating group) is 1. The van der Waals surface area contributed by atoms with Crippen molar-refractivity contribution < 1.29 is 19.7 Å². The summed E-state index contributed by atoms with van der Waals surface area (Å²) in [6.45, 7) is 6.11. The van der Waals surface area contributed by atoms with E-state index in [-0.39, 0.29) is 12.1 Å². The van der Waals surface area contributed by atoms with Gasteiger partial charge in [-0.1, -0.05) is 61.5 Å². The van der Waals surface area contributed by atoms with Crippen molar-refractivity contribution in [2.24, 2.45) is 0 Å². The van der Waals surface area contributed by atoms with E-state index in [4.69, 9.17) is 4.74 Å². The summed E-state index contributed by atoms with van der Waals surface area (Å²) in [5.74, 6) is 0. The Morgan fingerprint density at radius 3 is 2.40 bits per heavy atom. The van der Waals surface area contributed by atoms with E-state index in [1.165, 1.54) is 0 Å². The van der Waals surface area contributed by atoms with E-state index in [1.807, 2.05) is 80.0 Å². The molecule has 1 saturated heterocycles. The van der Waals surface area contributed by atoms with Gasteiger partial charge in [-0.05, 0) is 54.7 Å². The molecule has 1 unspecified atom stereocenters. The number of hydrogen-bond donors (Lipinski definition) is 2. The molecule has 0 bridgehead atoms. The van der Waals surface area contributed by atoms with Crippen LogP contribution in [-0.2, 0) is 10.3 Å². The number of aliphatic hydroxyl groups excluding tert-OH is 1. The molecule has 2 aliphatic rings. The highest BCUT2D eigenvalue weighted by Crippen LogP contribution is 2.42. The summed E-state index contributed by atoms with van der Waals surface area (Å²) < 4.78 is 6.17. The van der Waals surface area contributed by atoms with Crippen molar-refractivity contribution in [1.82, 2.24) is 9.80 Å². The molecule has 6 nitrogen and oxygen atoms in total. The first kappa shape index (κ1) is 25.0. The van der Waals surface area contributed by atoms with E-state index in [2.05, 4.69) is 6.92 Å². The van der Waals surface area contributed by atoms with Crippen LogP contribution >= 0.6 is 0 Å². The molecular formula is C29H36N2O4. The standard InChI is InChI=1S/C29H36N2O4/c1-5-25(22-13-11-21(12-14-22)23-15-17-30(4)26(32)19-23)31-18-16-29(35-27(31)33,20-28(2,3)34)24-9-7-6-8-10-24/h6-15,17,19,25-26,32,34H,5,16,18,20H2,1-4H3/t25-,26?,29-/m0/s1. The second-order valence-corrected chi connectivity index (χ2v) is 10.2. The summed E-state index contributed by atoms with van der Waals surface area (Å²) in [7, 11) is 1.83. The third-order valence-corrected chi connectivity index (χ3v) is 6.92. The number of aliphatic hydroxyl groups is 2. The lowest BCUT2D eigenvalue weighted by Gasteiger charge is -2.46. The van der Waals surface area contributed by atoms with E-state index in [0.717, 1.165) is 28.7 Å². The molecule has 35 heavy (non-hydrogen) atoms. The first-order chi connectivity index (χ1) is 16.6. The summed E-state index contributed by atoms with van der Waals surface area (Å²) >= 11 is 0. The van der Waals surface area contributed by atoms with Gasteiger partial charge in [0.2, 0.25) is 0 Å². The zero-order chi connectivity index (χ0) is 25.2. The highest BCUT2D eigenvalue weighted by molar-refractivity contribution is 5.75. The molecule has 6 heteroatoms. The predicted octanol–water partition coefficient (Wildman–Crippen LogP) is 5.20. The van der Waals surface area contributed by atoms with Crippen molar-refractivity contribution in [2.45, 2.75) is 63.5 Å². The maximum Gasteiger partial charge on any atom is 0.411 e. The van der Waals surface area contributed by atoms with Crippen LogP contribution in [0.25, 0.3) is 5.57 Å². The molecule has 0 radical (unpaired) electrons. The number of cyclic esters (lactones) is 1. The maximum absolute atomic E-state index is 13.4. The van der Waals surface area contributed by atoms with Crippen molar-refractivity contribution in [2.75, 3.05) is 13.6 Å². The molecule has 0 aliphatic carbocycles. The van der Waals surface area contributed by atoms with Crippen molar-refractivity contribution in [3.63, 3.8) is 0 Å². The van der Waals surface area contributed by atoms with Gasteiger partial charge in [0.1, 0.15) is 11.8 Å². The van der Waals surface area contributed by atoms with Gasteiger partial charge >= 0.3 is 6.09 Å². The van der Waals surface area contributed by atoms with Crippen LogP contribution in [0.4, 0.5) is 4.79 Å². The molecular weight excluding hydrogens is 440 g/mol. The Bertz CT molecular complexity index is 1090. The lowest BCUT2D eigenvalue weighted by atomic mass is 9.80. The fourth-order valence-electron chi connectivity index (χ4n) is 5.17. The number of benzene rings is 2. The first-order valence-electron chi connectivity index (χ1n) is 12.3. The van der Waals surface area contributed by atoms with Crippen LogP contribution in [0.15, 0.2) is 72.9 Å². The van der Waals surface area contributed by atoms with Crippen molar-refractivity contribution in [1.29, 1.82) is 0 Å². The topological polar surface area (TPSA) is 73.2 Å². The molecule has 2 aliphatic heterocycles. The number of ether oxygens (including phenoxy) is 1. The summed E-state index contributed by atoms with van der Waals surface area (Å²) in [5, 5.41) is 20.7. The number of amides is 1. The number of carbonyl (C=O) groups excluding carboxylic acids is 1. The molecule has 1 amide bonds. The SMILES string of the molecule is CC[C@@H](c1ccc(C2=CC(O)N(C)C=C2)cc1)N1CC[C@](CC(C)(C)O)(c2ccccc2)OC1=O. The second-order valence-electron chi connectivity index (χ2n) is 10.2. The van der Waals surface area contributed by atoms with Crippen LogP contribution in [0.1, 0.15) is 62.8 Å². The Morgan fingerprint density at radius 1 is 1.14 bits per heavy atom. The lowest BCUT2D eigenvalue weighted by molar-refractivity contribution is -0.102. The highest BCUT2D eigenvalue weighted by Gasteiger charge is 2.46. The minimum atomic E-state index is -0.983. The molecule has 0 saturated carbocycles. The van der Waals surface area contributed by atoms with Crippen LogP contribution in [0, 0.1) is 0 Å². The average Bonchev–Trinajstić information content (AvgIpc) is 2.83. The second kappa shape index (κ2) is 9.88. The summed E-state index contributed by atoms with van der Waals surface area (Å²) in [4.78, 5) is 16.9. The van der Waals surface area contributed by atoms with Crippen LogP contribution in [0.5, 0.6) is 0 Å². The van der Waals surface area contributed by atoms with Crippen molar-refractivity contribution in [3.05, 3.63) is 89.6 Å². The van der Waals surface area contributed by atoms with Crippen molar-refractivity contribution >= 4 is 11.7 Å². The maximum atomic E-state index is 13.4. The molecule has 2 aromatic carbocycles. The molecule has 1 fully saturated rings. The third-order valence-electron chi connectivity index (χ3n) is 6.92. The van der Waals surface area contributed by atoms with Gasteiger partial charge in [-0.3, -0.25) is 0 Å². The number of hydrogen-bond acceptors (Lipinski definition) is 5. The fraction of sp³-hybridized carbons (Fsp3) is 0.414. The smallest absolute Gasteiger partial charge is 0.411 e. The molecule has 2 aromatic rings. The van der Waals surface area contributed by atoms with Gasteiger partial charge in [-0.25, -0.2) is 4.79 Å². The average molecular weight is 477 g/mol. The van der Waals surface area contributed by atoms with E-state index >= 15 is 0 Å². The monoisotopic (exact) mass is 476 g/mol. The largest absolute Gasteiger partial charge is 0.438 e. The molecule has 0 aromatic heterocycles. The summed E-state index contributed by atoms with van der Waals surface area (Å²) in [5.41, 5.74) is 2.09. The number of allylic oxidation sites excluding steroid dienone is 2. The summed E-state index contributed by atoms with van der Waals surface area (Å²) in [6, 6.07) is 17.8. The highest BCUT2D eigenvalue weighted by atomic mass is 16.6. The van der Waals surface area contributed by atoms with E-state index < -0.39 is 17.4 Å². The Kier molecular flexibility index (Phi) is 7.06. The first-order valence-corrected chi connectivity index (χ1v) is 12.3. The minimum absolute atomic E-state index is 0.111. The molecule has 2 N–H and O–H groups in total. The number of rotatable bonds is 7. The third kappa shape index (κ3) is 5.44. The van der Waals surface area contributed by atoms with E-state index in [1.54, 1.807) is 23.6 Å². The Labute approximate surface area is 208 Å². The van der Waals surface area contributed by atoms with Crippen LogP contribution in [0.2, 0.25) is 0 Å². The lowest BCUT2D eigenvalue weighted by Crippen LogP contribution is -2.51. The van der Waals surface area contributed by atoms with Gasteiger partial charge in [0, 0.05) is 32.6 Å². The van der Waals surface area contributed by atoms with Gasteiger partial charge in [-0.15, -0.1) is 0 Å². The Hall–Kier alpha value is -3.09. The fourth-order valence-corrected chi connectivity index (χ4v) is 5.17. The Balaban J connectivity index is 1.55. The van der Waals surface area contributed by atoms with Gasteiger partial charge < -0.3 is 24.7 Å². The van der Waals surface area contributed by atoms with Gasteiger partial charge in [0.15, 0.2) is 0 Å². The normalized spacial score (nSPS) is 23.7. The molecule has 4 rings (SSSR count). The van der Waals surface area contributed by atoms with E-state index in [0.29, 0.717) is 19.4 Å². The van der Waals surface area contributed by atoms with Gasteiger partial charge in [-0.2, -0.15) is 0 Å². The van der Waals surface area contributed by atoms with Gasteiger partial charge in [0.25, 0.3) is 0 Å². The zero-order valence-electron chi connectivity index (χ0n) is 21.0. The van der Waals surface area contributed by atoms with Crippen molar-refractivity contribution in [3.8, 4) is 0 Å². The quantitative estimate of drug-likeness (QED) is 0.575. The molecule has 3 atom stereocenters. The van der Waals surface area contributed by atoms with Crippen LogP contribution in [-0.4, -0.2) is 51.5 Å². The van der Waals surface area contributed by atoms with Crippen LogP contribution in [0.3, 0.4) is 0 Å². The van der Waals surface area contributed by atoms with Gasteiger partial charge in [0.05, 0.1) is 11.6 Å².